The third kappa shape index (κ3) is 3.98. The summed E-state index contributed by atoms with van der Waals surface area (Å²) in [4.78, 5) is 10.6. The fraction of sp³-hybridized carbons (Fsp3) is 0.0930. The minimum absolute atomic E-state index is 0.176. The average Bonchev–Trinajstić information content (AvgIpc) is 3.70. The summed E-state index contributed by atoms with van der Waals surface area (Å²) in [6, 6.07) is 38.8. The normalized spacial score (nSPS) is 20.5. The molecule has 0 fully saturated rings. The Balaban J connectivity index is 1.32. The Morgan fingerprint density at radius 3 is 1.90 bits per heavy atom. The van der Waals surface area contributed by atoms with Crippen molar-refractivity contribution in [3.63, 3.8) is 0 Å². The van der Waals surface area contributed by atoms with Gasteiger partial charge in [-0.05, 0) is 47.9 Å². The lowest BCUT2D eigenvalue weighted by molar-refractivity contribution is 0.721. The zero-order valence-electron chi connectivity index (χ0n) is 26.2. The summed E-state index contributed by atoms with van der Waals surface area (Å²) < 4.78 is 4.84. The smallest absolute Gasteiger partial charge is 0.211 e. The predicted octanol–water partition coefficient (Wildman–Crippen LogP) is 9.18. The molecule has 1 N–H and O–H groups in total. The Kier molecular flexibility index (Phi) is 6.02. The van der Waals surface area contributed by atoms with Crippen LogP contribution in [0.1, 0.15) is 34.9 Å². The van der Waals surface area contributed by atoms with Gasteiger partial charge in [0.2, 0.25) is 5.96 Å². The Bertz CT molecular complexity index is 2490. The zero-order valence-corrected chi connectivity index (χ0v) is 26.2. The van der Waals surface area contributed by atoms with Crippen molar-refractivity contribution in [1.82, 2.24) is 14.5 Å². The Labute approximate surface area is 278 Å². The molecule has 0 amide bonds. The molecule has 228 valence electrons. The number of hydrogen-bond donors (Lipinski definition) is 1. The number of allylic oxidation sites excluding steroid dienone is 6. The number of benzene rings is 4. The minimum atomic E-state index is -0.400. The monoisotopic (exact) mass is 617 g/mol. The number of aromatic nitrogens is 2. The first-order valence-electron chi connectivity index (χ1n) is 16.6. The zero-order chi connectivity index (χ0) is 31.6. The number of nitrogens with one attached hydrogen (secondary N) is 1. The van der Waals surface area contributed by atoms with Crippen LogP contribution in [-0.2, 0) is 0 Å². The molecule has 5 heteroatoms. The third-order valence-electron chi connectivity index (χ3n) is 10.0. The summed E-state index contributed by atoms with van der Waals surface area (Å²) in [7, 11) is 0. The van der Waals surface area contributed by atoms with Crippen LogP contribution in [0.25, 0.3) is 38.9 Å². The molecule has 0 spiro atoms. The standard InChI is InChI=1S/C43H31N5/c1-4-16-28(17-5-1)41-44-42(29-18-6-2-7-19-29)46-43(45-41)48-36-27-15-13-25-34(36)38-32-23-11-10-22-31(32)37-33-24-12-14-26-35(33)47(39(37)40(38)48)30-20-8-3-9-21-30/h1-17,20-27,31-32,42H,18H2,(H,44,45,46)/t31?,32-,42?/m1/s1. The molecule has 0 saturated heterocycles. The molecule has 0 saturated carbocycles. The van der Waals surface area contributed by atoms with Crippen molar-refractivity contribution in [3.8, 4) is 17.1 Å². The van der Waals surface area contributed by atoms with Crippen molar-refractivity contribution in [2.24, 2.45) is 9.98 Å². The summed E-state index contributed by atoms with van der Waals surface area (Å²) in [6.45, 7) is 0. The maximum absolute atomic E-state index is 5.40. The van der Waals surface area contributed by atoms with Gasteiger partial charge in [0.15, 0.2) is 6.17 Å². The van der Waals surface area contributed by atoms with E-state index in [1.165, 1.54) is 38.8 Å². The fourth-order valence-electron chi connectivity index (χ4n) is 8.00. The Morgan fingerprint density at radius 1 is 0.625 bits per heavy atom. The average molecular weight is 618 g/mol. The first-order valence-corrected chi connectivity index (χ1v) is 16.6. The van der Waals surface area contributed by atoms with Gasteiger partial charge in [-0.3, -0.25) is 4.57 Å². The van der Waals surface area contributed by atoms with Gasteiger partial charge in [-0.15, -0.1) is 5.73 Å². The van der Waals surface area contributed by atoms with E-state index < -0.39 is 6.17 Å². The molecule has 48 heavy (non-hydrogen) atoms. The van der Waals surface area contributed by atoms with Gasteiger partial charge in [-0.1, -0.05) is 121 Å². The van der Waals surface area contributed by atoms with Gasteiger partial charge in [0.25, 0.3) is 0 Å². The molecule has 0 bridgehead atoms. The van der Waals surface area contributed by atoms with Crippen LogP contribution in [-0.4, -0.2) is 27.1 Å². The van der Waals surface area contributed by atoms with E-state index in [9.17, 15) is 0 Å². The summed E-state index contributed by atoms with van der Waals surface area (Å²) >= 11 is 0. The minimum Gasteiger partial charge on any atom is -0.310 e. The second kappa shape index (κ2) is 10.7. The highest BCUT2D eigenvalue weighted by molar-refractivity contribution is 6.15. The number of hydrogen-bond acceptors (Lipinski definition) is 3. The highest BCUT2D eigenvalue weighted by atomic mass is 15.3. The van der Waals surface area contributed by atoms with Gasteiger partial charge in [0.05, 0.1) is 22.4 Å². The molecule has 3 heterocycles. The van der Waals surface area contributed by atoms with E-state index in [1.807, 2.05) is 18.2 Å². The van der Waals surface area contributed by atoms with Gasteiger partial charge in [0.1, 0.15) is 5.84 Å². The van der Waals surface area contributed by atoms with Crippen LogP contribution in [0.3, 0.4) is 0 Å². The second-order valence-corrected chi connectivity index (χ2v) is 12.7. The summed E-state index contributed by atoms with van der Waals surface area (Å²) in [5.41, 5.74) is 14.0. The lowest BCUT2D eigenvalue weighted by atomic mass is 9.72. The maximum atomic E-state index is 5.40. The van der Waals surface area contributed by atoms with E-state index in [0.717, 1.165) is 40.6 Å². The molecule has 6 aromatic rings. The van der Waals surface area contributed by atoms with Crippen molar-refractivity contribution in [1.29, 1.82) is 0 Å². The van der Waals surface area contributed by atoms with Gasteiger partial charge < -0.3 is 9.88 Å². The van der Waals surface area contributed by atoms with Gasteiger partial charge >= 0.3 is 0 Å². The number of fused-ring (bicyclic) bond motifs is 10. The van der Waals surface area contributed by atoms with Crippen molar-refractivity contribution >= 4 is 33.6 Å². The number of amidine groups is 1. The van der Waals surface area contributed by atoms with Crippen LogP contribution >= 0.6 is 0 Å². The van der Waals surface area contributed by atoms with Crippen molar-refractivity contribution in [3.05, 3.63) is 180 Å². The van der Waals surface area contributed by atoms with Crippen LogP contribution in [0, 0.1) is 0 Å². The molecule has 2 aromatic heterocycles. The van der Waals surface area contributed by atoms with Crippen LogP contribution in [0.15, 0.2) is 173 Å². The van der Waals surface area contributed by atoms with Crippen molar-refractivity contribution in [2.45, 2.75) is 24.4 Å². The maximum Gasteiger partial charge on any atom is 0.211 e. The highest BCUT2D eigenvalue weighted by Gasteiger charge is 2.41. The van der Waals surface area contributed by atoms with E-state index in [0.29, 0.717) is 0 Å². The molecule has 10 rings (SSSR count). The molecule has 5 nitrogen and oxygen atoms in total. The van der Waals surface area contributed by atoms with E-state index in [1.54, 1.807) is 0 Å². The van der Waals surface area contributed by atoms with Gasteiger partial charge in [-0.2, -0.15) is 0 Å². The van der Waals surface area contributed by atoms with Crippen LogP contribution in [0.5, 0.6) is 0 Å². The molecule has 4 aliphatic rings. The first-order chi connectivity index (χ1) is 23.8. The molecule has 4 aromatic carbocycles. The lowest BCUT2D eigenvalue weighted by Crippen LogP contribution is -2.42. The summed E-state index contributed by atoms with van der Waals surface area (Å²) in [6.07, 6.45) is 15.7. The number of para-hydroxylation sites is 3. The van der Waals surface area contributed by atoms with Gasteiger partial charge in [0, 0.05) is 39.4 Å². The summed E-state index contributed by atoms with van der Waals surface area (Å²) in [5.74, 6) is 1.94. The van der Waals surface area contributed by atoms with Crippen LogP contribution in [0.4, 0.5) is 0 Å². The molecule has 1 aliphatic heterocycles. The largest absolute Gasteiger partial charge is 0.310 e. The molecule has 3 atom stereocenters. The third-order valence-corrected chi connectivity index (χ3v) is 10.0. The van der Waals surface area contributed by atoms with E-state index in [4.69, 9.17) is 9.98 Å². The predicted molar refractivity (Wildman–Crippen MR) is 196 cm³/mol. The lowest BCUT2D eigenvalue weighted by Gasteiger charge is -2.33. The SMILES string of the molecule is C1=CC=CCC=1C1N=C(c2ccccc2)NC(n2c3c(c4ccccc42)[C@@H]2C=CC=CC2c2c-3n(-c3ccccc3)c3ccccc23)=N1. The molecular formula is C43H31N5. The molecule has 3 aliphatic carbocycles. The molecular weight excluding hydrogens is 587 g/mol. The van der Waals surface area contributed by atoms with Crippen LogP contribution in [0.2, 0.25) is 0 Å². The number of nitrogens with zero attached hydrogens (tertiary/aromatic N) is 4. The number of aliphatic imine (C=N–C) groups is 2. The van der Waals surface area contributed by atoms with E-state index in [2.05, 4.69) is 154 Å². The topological polar surface area (TPSA) is 46.6 Å². The highest BCUT2D eigenvalue weighted by Crippen LogP contribution is 2.56. The fourth-order valence-corrected chi connectivity index (χ4v) is 8.00. The summed E-state index contributed by atoms with van der Waals surface area (Å²) in [5, 5.41) is 6.25. The van der Waals surface area contributed by atoms with Crippen molar-refractivity contribution in [2.75, 3.05) is 0 Å². The van der Waals surface area contributed by atoms with Crippen LogP contribution < -0.4 is 5.32 Å². The Hall–Kier alpha value is -6.16. The van der Waals surface area contributed by atoms with E-state index in [-0.39, 0.29) is 11.8 Å². The van der Waals surface area contributed by atoms with Gasteiger partial charge in [-0.25, -0.2) is 9.98 Å². The Morgan fingerprint density at radius 2 is 1.23 bits per heavy atom. The van der Waals surface area contributed by atoms with E-state index >= 15 is 0 Å². The first kappa shape index (κ1) is 27.0. The second-order valence-electron chi connectivity index (χ2n) is 12.7. The molecule has 0 radical (unpaired) electrons. The van der Waals surface area contributed by atoms with Crippen molar-refractivity contribution < 1.29 is 0 Å². The molecule has 2 unspecified atom stereocenters. The number of rotatable bonds is 3. The quantitative estimate of drug-likeness (QED) is 0.198.